The monoisotopic (exact) mass is 1220 g/mol. The number of aromatic nitrogens is 6. The van der Waals surface area contributed by atoms with Crippen LogP contribution in [0, 0.1) is 0 Å². The second kappa shape index (κ2) is 19.8. The maximum absolute atomic E-state index is 5.35. The number of nitrogens with zero attached hydrogens (tertiary/aromatic N) is 6. The molecule has 0 aliphatic heterocycles. The van der Waals surface area contributed by atoms with E-state index in [4.69, 9.17) is 29.9 Å². The van der Waals surface area contributed by atoms with Crippen LogP contribution in [0.15, 0.2) is 267 Å². The van der Waals surface area contributed by atoms with Gasteiger partial charge >= 0.3 is 0 Å². The van der Waals surface area contributed by atoms with Gasteiger partial charge in [-0.3, -0.25) is 0 Å². The molecule has 93 heavy (non-hydrogen) atoms. The van der Waals surface area contributed by atoms with Crippen molar-refractivity contribution in [3.05, 3.63) is 278 Å². The molecule has 1 aliphatic carbocycles. The summed E-state index contributed by atoms with van der Waals surface area (Å²) >= 11 is 3.69. The number of fused-ring (bicyclic) bond motifs is 5. The van der Waals surface area contributed by atoms with Crippen molar-refractivity contribution in [2.75, 3.05) is 0 Å². The van der Waals surface area contributed by atoms with Crippen molar-refractivity contribution >= 4 is 128 Å². The van der Waals surface area contributed by atoms with E-state index in [1.807, 2.05) is 65.1 Å². The molecule has 0 fully saturated rings. The minimum absolute atomic E-state index is 0.114. The van der Waals surface area contributed by atoms with Crippen molar-refractivity contribution in [3.8, 4) is 90.6 Å². The van der Waals surface area contributed by atoms with Crippen LogP contribution in [-0.2, 0) is 5.41 Å². The average Bonchev–Trinajstić information content (AvgIpc) is 1.63. The summed E-state index contributed by atoms with van der Waals surface area (Å²) in [5, 5.41) is 21.1. The molecule has 0 saturated heterocycles. The average molecular weight is 1220 g/mol. The van der Waals surface area contributed by atoms with Crippen LogP contribution in [0.25, 0.3) is 196 Å². The third kappa shape index (κ3) is 7.74. The largest absolute Gasteiger partial charge is 0.208 e. The van der Waals surface area contributed by atoms with Crippen LogP contribution >= 0.6 is 22.7 Å². The summed E-state index contributed by atoms with van der Waals surface area (Å²) in [4.78, 5) is 31.0. The molecule has 0 amide bonds. The number of hydrogen-bond acceptors (Lipinski definition) is 8. The summed E-state index contributed by atoms with van der Waals surface area (Å²) < 4.78 is 5.03. The van der Waals surface area contributed by atoms with Gasteiger partial charge in [-0.05, 0) is 122 Å². The molecule has 0 radical (unpaired) electrons. The second-order valence-corrected chi connectivity index (χ2v) is 27.2. The molecule has 21 rings (SSSR count). The molecular formula is C85H50N6S2. The van der Waals surface area contributed by atoms with Crippen LogP contribution in [0.2, 0.25) is 0 Å². The van der Waals surface area contributed by atoms with Gasteiger partial charge in [-0.15, -0.1) is 22.7 Å². The van der Waals surface area contributed by atoms with Crippen LogP contribution < -0.4 is 0 Å². The smallest absolute Gasteiger partial charge is 0.165 e. The fourth-order valence-electron chi connectivity index (χ4n) is 15.4. The first-order valence-corrected chi connectivity index (χ1v) is 33.2. The molecule has 0 unspecified atom stereocenters. The SMILES string of the molecule is CC1(C)c2ccccc2-c2c(-c3nc(-c4ccccc4)nc(-c4ccc5c6cccc7ccc8ccc9sc4c5c9c8c76)n3)cccc21.c1ccc(-c2ccc(-c3nc(-c4ccccc4)nc(-c4ccc5c6cccc7ccc8ccc9sc4c5c9c8c76)n3)cc2)cc1. The van der Waals surface area contributed by atoms with Crippen LogP contribution in [-0.4, -0.2) is 29.9 Å². The minimum Gasteiger partial charge on any atom is -0.208 e. The van der Waals surface area contributed by atoms with Crippen LogP contribution in [0.5, 0.6) is 0 Å². The third-order valence-corrected chi connectivity index (χ3v) is 22.1. The Morgan fingerprint density at radius 2 is 0.602 bits per heavy atom. The molecule has 4 heterocycles. The summed E-state index contributed by atoms with van der Waals surface area (Å²) in [7, 11) is 0. The maximum Gasteiger partial charge on any atom is 0.165 e. The Morgan fingerprint density at radius 1 is 0.237 bits per heavy atom. The van der Waals surface area contributed by atoms with Gasteiger partial charge in [0.2, 0.25) is 0 Å². The molecule has 8 heteroatoms. The lowest BCUT2D eigenvalue weighted by Gasteiger charge is -2.21. The standard InChI is InChI=1S/C44H27N3S.C41H23N3S/c1-44(2)32-16-7-6-13-29(32)37-30(15-9-17-33(37)44)42-45-41(26-10-4-3-5-11-26)46-43(47-42)31-22-21-28-27-14-8-12-24-18-19-25-20-23-34-39(36(25)35(24)27)38(28)40(31)48-34;1-3-8-24(9-4-1)25-14-18-29(19-15-25)40-42-39(28-10-5-2-6-11-28)43-41(44-40)32-22-21-31-30-13-7-12-26-16-17-27-20-23-33-37(35(27)34(26)30)36(31)38(32)45-33/h3-23H,1-2H3;1-23H. The summed E-state index contributed by atoms with van der Waals surface area (Å²) in [6.45, 7) is 4.63. The lowest BCUT2D eigenvalue weighted by Crippen LogP contribution is -2.14. The Kier molecular flexibility index (Phi) is 11.1. The van der Waals surface area contributed by atoms with Gasteiger partial charge in [0.05, 0.1) is 0 Å². The summed E-state index contributed by atoms with van der Waals surface area (Å²) in [5.41, 5.74) is 13.4. The van der Waals surface area contributed by atoms with E-state index in [1.165, 1.54) is 133 Å². The highest BCUT2D eigenvalue weighted by molar-refractivity contribution is 7.27. The van der Waals surface area contributed by atoms with Crippen LogP contribution in [0.4, 0.5) is 0 Å². The molecule has 0 atom stereocenters. The second-order valence-electron chi connectivity index (χ2n) is 25.1. The van der Waals surface area contributed by atoms with Crippen LogP contribution in [0.3, 0.4) is 0 Å². The van der Waals surface area contributed by atoms with Gasteiger partial charge in [0.1, 0.15) is 0 Å². The molecule has 432 valence electrons. The molecule has 6 nitrogen and oxygen atoms in total. The van der Waals surface area contributed by atoms with Gasteiger partial charge in [-0.1, -0.05) is 257 Å². The number of thiophene rings is 2. The van der Waals surface area contributed by atoms with E-state index >= 15 is 0 Å². The Bertz CT molecular complexity index is 6370. The van der Waals surface area contributed by atoms with E-state index in [0.717, 1.165) is 38.9 Å². The first-order chi connectivity index (χ1) is 45.9. The van der Waals surface area contributed by atoms with Crippen LogP contribution in [0.1, 0.15) is 25.0 Å². The Hall–Kier alpha value is -11.4. The van der Waals surface area contributed by atoms with Gasteiger partial charge < -0.3 is 0 Å². The van der Waals surface area contributed by atoms with E-state index in [9.17, 15) is 0 Å². The first-order valence-electron chi connectivity index (χ1n) is 31.6. The van der Waals surface area contributed by atoms with Gasteiger partial charge in [0.15, 0.2) is 34.9 Å². The van der Waals surface area contributed by atoms with Gasteiger partial charge in [-0.2, -0.15) is 0 Å². The Labute approximate surface area is 541 Å². The Morgan fingerprint density at radius 3 is 1.13 bits per heavy atom. The van der Waals surface area contributed by atoms with Crippen molar-refractivity contribution in [2.45, 2.75) is 19.3 Å². The predicted molar refractivity (Wildman–Crippen MR) is 391 cm³/mol. The predicted octanol–water partition coefficient (Wildman–Crippen LogP) is 23.1. The molecule has 0 saturated carbocycles. The van der Waals surface area contributed by atoms with Crippen molar-refractivity contribution in [2.24, 2.45) is 0 Å². The van der Waals surface area contributed by atoms with Crippen molar-refractivity contribution < 1.29 is 0 Å². The normalized spacial score (nSPS) is 12.9. The topological polar surface area (TPSA) is 77.3 Å². The fraction of sp³-hybridized carbons (Fsp3) is 0.0353. The minimum atomic E-state index is -0.114. The van der Waals surface area contributed by atoms with Gasteiger partial charge in [0, 0.05) is 79.1 Å². The zero-order valence-electron chi connectivity index (χ0n) is 50.4. The molecule has 20 aromatic rings. The Balaban J connectivity index is 0.000000129. The van der Waals surface area contributed by atoms with Crippen molar-refractivity contribution in [1.82, 2.24) is 29.9 Å². The first kappa shape index (κ1) is 52.4. The zero-order valence-corrected chi connectivity index (χ0v) is 52.0. The van der Waals surface area contributed by atoms with E-state index < -0.39 is 0 Å². The summed E-state index contributed by atoms with van der Waals surface area (Å²) in [6, 6.07) is 95.3. The molecule has 0 spiro atoms. The molecule has 1 aliphatic rings. The number of benzene rings is 16. The number of rotatable bonds is 7. The lowest BCUT2D eigenvalue weighted by molar-refractivity contribution is 0.660. The summed E-state index contributed by atoms with van der Waals surface area (Å²) in [6.07, 6.45) is 0. The highest BCUT2D eigenvalue weighted by Gasteiger charge is 2.37. The fourth-order valence-corrected chi connectivity index (χ4v) is 17.9. The maximum atomic E-state index is 5.35. The molecular weight excluding hydrogens is 1170 g/mol. The lowest BCUT2D eigenvalue weighted by atomic mass is 9.82. The quantitative estimate of drug-likeness (QED) is 0.117. The van der Waals surface area contributed by atoms with Crippen molar-refractivity contribution in [3.63, 3.8) is 0 Å². The van der Waals surface area contributed by atoms with Gasteiger partial charge in [0.25, 0.3) is 0 Å². The van der Waals surface area contributed by atoms with E-state index in [2.05, 4.69) is 238 Å². The van der Waals surface area contributed by atoms with E-state index in [0.29, 0.717) is 34.9 Å². The molecule has 4 aromatic heterocycles. The molecule has 0 bridgehead atoms. The highest BCUT2D eigenvalue weighted by Crippen LogP contribution is 2.55. The van der Waals surface area contributed by atoms with Crippen molar-refractivity contribution in [1.29, 1.82) is 0 Å². The number of hydrogen-bond donors (Lipinski definition) is 0. The third-order valence-electron chi connectivity index (χ3n) is 19.7. The van der Waals surface area contributed by atoms with Gasteiger partial charge in [-0.25, -0.2) is 29.9 Å². The molecule has 16 aromatic carbocycles. The molecule has 0 N–H and O–H groups in total. The highest BCUT2D eigenvalue weighted by atomic mass is 32.1. The van der Waals surface area contributed by atoms with E-state index in [1.54, 1.807) is 0 Å². The van der Waals surface area contributed by atoms with E-state index in [-0.39, 0.29) is 5.41 Å². The summed E-state index contributed by atoms with van der Waals surface area (Å²) in [5.74, 6) is 4.12. The zero-order chi connectivity index (χ0) is 61.2.